The summed E-state index contributed by atoms with van der Waals surface area (Å²) in [5.74, 6) is 0.802. The second kappa shape index (κ2) is 7.44. The van der Waals surface area contributed by atoms with Gasteiger partial charge in [-0.25, -0.2) is 4.98 Å². The molecule has 0 spiro atoms. The molecule has 0 unspecified atom stereocenters. The van der Waals surface area contributed by atoms with E-state index in [0.717, 1.165) is 22.5 Å². The smallest absolute Gasteiger partial charge is 0.275 e. The lowest BCUT2D eigenvalue weighted by atomic mass is 10.1. The minimum Gasteiger partial charge on any atom is -0.335 e. The van der Waals surface area contributed by atoms with Gasteiger partial charge in [-0.1, -0.05) is 0 Å². The highest BCUT2D eigenvalue weighted by molar-refractivity contribution is 5.99. The molecule has 9 nitrogen and oxygen atoms in total. The van der Waals surface area contributed by atoms with Gasteiger partial charge in [0.1, 0.15) is 18.1 Å². The van der Waals surface area contributed by atoms with E-state index in [1.54, 1.807) is 24.5 Å². The zero-order chi connectivity index (χ0) is 20.4. The van der Waals surface area contributed by atoms with Crippen LogP contribution in [-0.2, 0) is 17.8 Å². The summed E-state index contributed by atoms with van der Waals surface area (Å²) >= 11 is 0. The Hall–Kier alpha value is -4.19. The van der Waals surface area contributed by atoms with E-state index in [9.17, 15) is 9.59 Å². The number of aryl methyl sites for hydroxylation is 1. The van der Waals surface area contributed by atoms with Crippen LogP contribution in [-0.4, -0.2) is 20.4 Å². The Labute approximate surface area is 166 Å². The summed E-state index contributed by atoms with van der Waals surface area (Å²) < 4.78 is 1.32. The summed E-state index contributed by atoms with van der Waals surface area (Å²) in [4.78, 5) is 32.7. The number of anilines is 5. The number of fused-ring (bicyclic) bond motifs is 1. The summed E-state index contributed by atoms with van der Waals surface area (Å²) in [7, 11) is 0. The van der Waals surface area contributed by atoms with Crippen molar-refractivity contribution in [1.82, 2.24) is 14.5 Å². The lowest BCUT2D eigenvalue weighted by molar-refractivity contribution is -0.115. The molecule has 1 aliphatic rings. The number of benzene rings is 1. The molecule has 1 aromatic carbocycles. The van der Waals surface area contributed by atoms with Crippen LogP contribution < -0.4 is 21.5 Å². The topological polar surface area (TPSA) is 125 Å². The average molecular weight is 387 g/mol. The first-order chi connectivity index (χ1) is 14.0. The van der Waals surface area contributed by atoms with Gasteiger partial charge in [0.15, 0.2) is 0 Å². The van der Waals surface area contributed by atoms with E-state index >= 15 is 0 Å². The van der Waals surface area contributed by atoms with E-state index in [1.165, 1.54) is 4.57 Å². The molecule has 0 atom stereocenters. The number of aromatic nitrogens is 3. The first kappa shape index (κ1) is 18.2. The number of amides is 1. The van der Waals surface area contributed by atoms with Crippen LogP contribution in [0.2, 0.25) is 0 Å². The first-order valence-corrected chi connectivity index (χ1v) is 8.90. The quantitative estimate of drug-likeness (QED) is 0.614. The van der Waals surface area contributed by atoms with Crippen molar-refractivity contribution in [3.63, 3.8) is 0 Å². The maximum absolute atomic E-state index is 12.4. The lowest BCUT2D eigenvalue weighted by Gasteiger charge is -2.12. The Balaban J connectivity index is 1.58. The molecule has 9 heteroatoms. The second-order valence-corrected chi connectivity index (χ2v) is 6.59. The zero-order valence-electron chi connectivity index (χ0n) is 15.6. The highest BCUT2D eigenvalue weighted by Gasteiger charge is 2.17. The molecule has 4 rings (SSSR count). The number of hydrogen-bond acceptors (Lipinski definition) is 7. The Kier molecular flexibility index (Phi) is 4.66. The normalized spacial score (nSPS) is 12.1. The molecule has 0 saturated carbocycles. The number of nitrogens with zero attached hydrogens (tertiary/aromatic N) is 4. The van der Waals surface area contributed by atoms with Gasteiger partial charge in [0, 0.05) is 29.3 Å². The van der Waals surface area contributed by atoms with Crippen LogP contribution in [0.5, 0.6) is 0 Å². The zero-order valence-corrected chi connectivity index (χ0v) is 15.6. The molecule has 29 heavy (non-hydrogen) atoms. The number of nitriles is 1. The van der Waals surface area contributed by atoms with Crippen LogP contribution in [0.4, 0.5) is 28.8 Å². The Morgan fingerprint density at radius 2 is 2.14 bits per heavy atom. The summed E-state index contributed by atoms with van der Waals surface area (Å²) in [5, 5.41) is 17.8. The molecule has 3 aromatic rings. The fraction of sp³-hybridized carbons (Fsp3) is 0.150. The molecule has 144 valence electrons. The number of rotatable bonds is 5. The molecule has 0 saturated heterocycles. The highest BCUT2D eigenvalue weighted by Crippen LogP contribution is 2.27. The number of nitrogens with one attached hydrogen (secondary N) is 3. The standard InChI is InChI=1S/C20H17N7O2/c1-12-11-22-20(23-14-4-5-15-13(9-14)10-17(28)24-15)26-18(12)25-16-3-2-7-27(8-6-21)19(16)29/h2-5,7,9,11H,8,10H2,1H3,(H,24,28)(H2,22,23,25,26). The lowest BCUT2D eigenvalue weighted by Crippen LogP contribution is -2.21. The van der Waals surface area contributed by atoms with Gasteiger partial charge in [0.05, 0.1) is 12.5 Å². The fourth-order valence-corrected chi connectivity index (χ4v) is 3.03. The molecule has 0 aliphatic carbocycles. The Morgan fingerprint density at radius 1 is 1.28 bits per heavy atom. The molecule has 1 aliphatic heterocycles. The minimum atomic E-state index is -0.308. The number of hydrogen-bond donors (Lipinski definition) is 3. The van der Waals surface area contributed by atoms with Gasteiger partial charge < -0.3 is 16.0 Å². The summed E-state index contributed by atoms with van der Waals surface area (Å²) in [6.45, 7) is 1.80. The minimum absolute atomic E-state index is 0.0277. The van der Waals surface area contributed by atoms with Crippen molar-refractivity contribution >= 4 is 34.7 Å². The fourth-order valence-electron chi connectivity index (χ4n) is 3.03. The summed E-state index contributed by atoms with van der Waals surface area (Å²) in [6, 6.07) is 10.8. The third kappa shape index (κ3) is 3.77. The number of carbonyl (C=O) groups excluding carboxylic acids is 1. The van der Waals surface area contributed by atoms with Crippen molar-refractivity contribution in [2.24, 2.45) is 0 Å². The Morgan fingerprint density at radius 3 is 2.97 bits per heavy atom. The molecule has 3 N–H and O–H groups in total. The van der Waals surface area contributed by atoms with Crippen molar-refractivity contribution in [2.75, 3.05) is 16.0 Å². The van der Waals surface area contributed by atoms with Crippen molar-refractivity contribution in [3.8, 4) is 6.07 Å². The van der Waals surface area contributed by atoms with E-state index in [1.807, 2.05) is 31.2 Å². The summed E-state index contributed by atoms with van der Waals surface area (Å²) in [6.07, 6.45) is 3.55. The van der Waals surface area contributed by atoms with Crippen molar-refractivity contribution in [1.29, 1.82) is 5.26 Å². The third-order valence-corrected chi connectivity index (χ3v) is 4.47. The maximum atomic E-state index is 12.4. The molecule has 0 radical (unpaired) electrons. The largest absolute Gasteiger partial charge is 0.335 e. The molecule has 2 aromatic heterocycles. The van der Waals surface area contributed by atoms with Crippen molar-refractivity contribution in [2.45, 2.75) is 19.9 Å². The van der Waals surface area contributed by atoms with Crippen LogP contribution in [0.25, 0.3) is 0 Å². The average Bonchev–Trinajstić information content (AvgIpc) is 3.07. The number of carbonyl (C=O) groups is 1. The van der Waals surface area contributed by atoms with E-state index in [4.69, 9.17) is 5.26 Å². The highest BCUT2D eigenvalue weighted by atomic mass is 16.2. The molecular formula is C20H17N7O2. The van der Waals surface area contributed by atoms with Crippen molar-refractivity contribution < 1.29 is 4.79 Å². The van der Waals surface area contributed by atoms with Gasteiger partial charge in [-0.2, -0.15) is 10.2 Å². The molecule has 3 heterocycles. The van der Waals surface area contributed by atoms with Gasteiger partial charge in [-0.05, 0) is 42.8 Å². The predicted molar refractivity (Wildman–Crippen MR) is 108 cm³/mol. The van der Waals surface area contributed by atoms with Crippen LogP contribution in [0.3, 0.4) is 0 Å². The van der Waals surface area contributed by atoms with E-state index in [0.29, 0.717) is 23.9 Å². The van der Waals surface area contributed by atoms with Crippen LogP contribution in [0, 0.1) is 18.3 Å². The van der Waals surface area contributed by atoms with E-state index in [-0.39, 0.29) is 18.0 Å². The first-order valence-electron chi connectivity index (χ1n) is 8.90. The SMILES string of the molecule is Cc1cnc(Nc2ccc3c(c2)CC(=O)N3)nc1Nc1cccn(CC#N)c1=O. The molecular weight excluding hydrogens is 370 g/mol. The second-order valence-electron chi connectivity index (χ2n) is 6.59. The molecule has 0 bridgehead atoms. The Bertz CT molecular complexity index is 1210. The van der Waals surface area contributed by atoms with Gasteiger partial charge in [-0.15, -0.1) is 0 Å². The van der Waals surface area contributed by atoms with Gasteiger partial charge in [0.2, 0.25) is 11.9 Å². The van der Waals surface area contributed by atoms with E-state index in [2.05, 4.69) is 25.9 Å². The maximum Gasteiger partial charge on any atom is 0.275 e. The van der Waals surface area contributed by atoms with E-state index < -0.39 is 0 Å². The summed E-state index contributed by atoms with van der Waals surface area (Å²) in [5.41, 5.74) is 3.24. The number of pyridine rings is 1. The van der Waals surface area contributed by atoms with Crippen LogP contribution in [0.1, 0.15) is 11.1 Å². The van der Waals surface area contributed by atoms with Gasteiger partial charge >= 0.3 is 0 Å². The monoisotopic (exact) mass is 387 g/mol. The van der Waals surface area contributed by atoms with Crippen LogP contribution in [0.15, 0.2) is 47.5 Å². The van der Waals surface area contributed by atoms with Gasteiger partial charge in [-0.3, -0.25) is 14.2 Å². The third-order valence-electron chi connectivity index (χ3n) is 4.47. The van der Waals surface area contributed by atoms with Crippen LogP contribution >= 0.6 is 0 Å². The molecule has 1 amide bonds. The van der Waals surface area contributed by atoms with Crippen molar-refractivity contribution in [3.05, 3.63) is 64.2 Å². The predicted octanol–water partition coefficient (Wildman–Crippen LogP) is 2.45. The molecule has 0 fully saturated rings. The van der Waals surface area contributed by atoms with Gasteiger partial charge in [0.25, 0.3) is 5.56 Å².